The summed E-state index contributed by atoms with van der Waals surface area (Å²) < 4.78 is 6.19. The van der Waals surface area contributed by atoms with Crippen LogP contribution in [0.15, 0.2) is 46.2 Å². The van der Waals surface area contributed by atoms with Crippen LogP contribution in [0, 0.1) is 0 Å². The number of hydrogen-bond donors (Lipinski definition) is 0. The van der Waals surface area contributed by atoms with E-state index in [1.807, 2.05) is 37.4 Å². The molecule has 0 fully saturated rings. The number of benzene rings is 1. The molecule has 102 valence electrons. The molecule has 2 aromatic heterocycles. The first-order valence-electron chi connectivity index (χ1n) is 6.24. The van der Waals surface area contributed by atoms with Crippen molar-refractivity contribution in [3.05, 3.63) is 57.5 Å². The van der Waals surface area contributed by atoms with Gasteiger partial charge >= 0.3 is 11.2 Å². The smallest absolute Gasteiger partial charge is 0.265 e. The van der Waals surface area contributed by atoms with Crippen LogP contribution in [0.25, 0.3) is 16.9 Å². The summed E-state index contributed by atoms with van der Waals surface area (Å²) in [4.78, 5) is 24.4. The van der Waals surface area contributed by atoms with E-state index in [0.717, 1.165) is 10.3 Å². The summed E-state index contributed by atoms with van der Waals surface area (Å²) in [6.45, 7) is 0. The Morgan fingerprint density at radius 2 is 1.65 bits per heavy atom. The maximum Gasteiger partial charge on any atom is 0.388 e. The van der Waals surface area contributed by atoms with Gasteiger partial charge in [0.1, 0.15) is 5.69 Å². The lowest BCUT2D eigenvalue weighted by Gasteiger charge is -2.01. The van der Waals surface area contributed by atoms with Crippen LogP contribution < -0.4 is 15.8 Å². The first-order chi connectivity index (χ1) is 9.52. The zero-order valence-electron chi connectivity index (χ0n) is 11.6. The Balaban J connectivity index is 2.55. The van der Waals surface area contributed by atoms with E-state index >= 15 is 0 Å². The highest BCUT2D eigenvalue weighted by atomic mass is 16.2. The minimum Gasteiger partial charge on any atom is -0.265 e. The predicted octanol–water partition coefficient (Wildman–Crippen LogP) is -0.148. The number of para-hydroxylation sites is 1. The van der Waals surface area contributed by atoms with Gasteiger partial charge in [0.2, 0.25) is 5.52 Å². The van der Waals surface area contributed by atoms with E-state index in [-0.39, 0.29) is 11.2 Å². The third kappa shape index (κ3) is 1.54. The highest BCUT2D eigenvalue weighted by Crippen LogP contribution is 2.11. The second kappa shape index (κ2) is 4.19. The molecule has 3 aromatic rings. The molecule has 0 aliphatic carbocycles. The van der Waals surface area contributed by atoms with Gasteiger partial charge < -0.3 is 0 Å². The molecule has 0 spiro atoms. The number of aromatic nitrogens is 4. The van der Waals surface area contributed by atoms with E-state index in [2.05, 4.69) is 0 Å². The molecule has 0 aliphatic rings. The van der Waals surface area contributed by atoms with Crippen molar-refractivity contribution in [1.29, 1.82) is 0 Å². The molecule has 0 amide bonds. The molecule has 0 N–H and O–H groups in total. The SMILES string of the molecule is Cn1c(=O)c2c(n(C)c1=O)[n+](C)cn2-c1ccccc1. The molecular weight excluding hydrogens is 256 g/mol. The van der Waals surface area contributed by atoms with Gasteiger partial charge in [-0.25, -0.2) is 23.1 Å². The molecule has 0 saturated carbocycles. The lowest BCUT2D eigenvalue weighted by molar-refractivity contribution is -0.648. The summed E-state index contributed by atoms with van der Waals surface area (Å²) in [5.74, 6) is 0. The van der Waals surface area contributed by atoms with Crippen LogP contribution in [0.5, 0.6) is 0 Å². The van der Waals surface area contributed by atoms with Gasteiger partial charge in [-0.3, -0.25) is 4.79 Å². The fourth-order valence-corrected chi connectivity index (χ4v) is 2.50. The summed E-state index contributed by atoms with van der Waals surface area (Å²) in [6.07, 6.45) is 1.81. The van der Waals surface area contributed by atoms with Crippen molar-refractivity contribution in [2.24, 2.45) is 21.1 Å². The van der Waals surface area contributed by atoms with Crippen LogP contribution in [0.1, 0.15) is 0 Å². The quantitative estimate of drug-likeness (QED) is 0.578. The van der Waals surface area contributed by atoms with Gasteiger partial charge in [-0.1, -0.05) is 18.2 Å². The highest BCUT2D eigenvalue weighted by molar-refractivity contribution is 5.69. The number of aryl methyl sites for hydroxylation is 2. The summed E-state index contributed by atoms with van der Waals surface area (Å²) in [7, 11) is 4.98. The number of rotatable bonds is 1. The van der Waals surface area contributed by atoms with Gasteiger partial charge in [0.05, 0.1) is 14.1 Å². The van der Waals surface area contributed by atoms with Crippen LogP contribution >= 0.6 is 0 Å². The van der Waals surface area contributed by atoms with E-state index < -0.39 is 0 Å². The Hall–Kier alpha value is -2.63. The van der Waals surface area contributed by atoms with Gasteiger partial charge in [-0.05, 0) is 12.1 Å². The monoisotopic (exact) mass is 271 g/mol. The molecule has 20 heavy (non-hydrogen) atoms. The normalized spacial score (nSPS) is 11.2. The van der Waals surface area contributed by atoms with E-state index in [1.165, 1.54) is 11.6 Å². The Morgan fingerprint density at radius 3 is 2.30 bits per heavy atom. The van der Waals surface area contributed by atoms with Crippen molar-refractivity contribution in [2.45, 2.75) is 0 Å². The van der Waals surface area contributed by atoms with E-state index in [0.29, 0.717) is 11.2 Å². The summed E-state index contributed by atoms with van der Waals surface area (Å²) in [5.41, 5.74) is 1.34. The third-order valence-electron chi connectivity index (χ3n) is 3.51. The average Bonchev–Trinajstić information content (AvgIpc) is 2.81. The standard InChI is InChI=1S/C14H15N4O2/c1-15-9-18(10-7-5-4-6-8-10)11-12(15)16(2)14(20)17(3)13(11)19/h4-9H,1-3H3/q+1. The van der Waals surface area contributed by atoms with Gasteiger partial charge in [-0.15, -0.1) is 0 Å². The van der Waals surface area contributed by atoms with E-state index in [1.54, 1.807) is 22.5 Å². The first kappa shape index (κ1) is 12.4. The number of imidazole rings is 1. The maximum absolute atomic E-state index is 12.4. The van der Waals surface area contributed by atoms with Crippen molar-refractivity contribution < 1.29 is 4.57 Å². The third-order valence-corrected chi connectivity index (χ3v) is 3.51. The van der Waals surface area contributed by atoms with E-state index in [4.69, 9.17) is 0 Å². The van der Waals surface area contributed by atoms with Crippen molar-refractivity contribution in [3.8, 4) is 5.69 Å². The summed E-state index contributed by atoms with van der Waals surface area (Å²) >= 11 is 0. The van der Waals surface area contributed by atoms with Crippen molar-refractivity contribution in [3.63, 3.8) is 0 Å². The predicted molar refractivity (Wildman–Crippen MR) is 74.9 cm³/mol. The van der Waals surface area contributed by atoms with Gasteiger partial charge in [0, 0.05) is 7.05 Å². The molecule has 0 aliphatic heterocycles. The molecule has 0 bridgehead atoms. The Bertz CT molecular complexity index is 916. The van der Waals surface area contributed by atoms with Crippen molar-refractivity contribution >= 4 is 11.2 Å². The molecule has 0 radical (unpaired) electrons. The number of hydrogen-bond acceptors (Lipinski definition) is 2. The zero-order chi connectivity index (χ0) is 14.4. The largest absolute Gasteiger partial charge is 0.388 e. The molecule has 0 saturated heterocycles. The van der Waals surface area contributed by atoms with Crippen molar-refractivity contribution in [1.82, 2.24) is 13.7 Å². The van der Waals surface area contributed by atoms with Crippen LogP contribution in [-0.4, -0.2) is 13.7 Å². The molecule has 3 rings (SSSR count). The minimum absolute atomic E-state index is 0.299. The molecule has 2 heterocycles. The minimum atomic E-state index is -0.330. The molecule has 1 aromatic carbocycles. The summed E-state index contributed by atoms with van der Waals surface area (Å²) in [6, 6.07) is 9.58. The lowest BCUT2D eigenvalue weighted by atomic mass is 10.3. The molecule has 6 heteroatoms. The molecule has 0 unspecified atom stereocenters. The second-order valence-electron chi connectivity index (χ2n) is 4.81. The van der Waals surface area contributed by atoms with Gasteiger partial charge in [-0.2, -0.15) is 0 Å². The molecule has 6 nitrogen and oxygen atoms in total. The Kier molecular flexibility index (Phi) is 2.60. The van der Waals surface area contributed by atoms with Gasteiger partial charge in [0.25, 0.3) is 5.65 Å². The first-order valence-corrected chi connectivity index (χ1v) is 6.24. The molecular formula is C14H15N4O2+. The number of nitrogens with zero attached hydrogens (tertiary/aromatic N) is 4. The zero-order valence-corrected chi connectivity index (χ0v) is 11.6. The van der Waals surface area contributed by atoms with Crippen molar-refractivity contribution in [2.75, 3.05) is 0 Å². The summed E-state index contributed by atoms with van der Waals surface area (Å²) in [5, 5.41) is 0. The second-order valence-corrected chi connectivity index (χ2v) is 4.81. The van der Waals surface area contributed by atoms with Crippen LogP contribution in [0.2, 0.25) is 0 Å². The van der Waals surface area contributed by atoms with E-state index in [9.17, 15) is 9.59 Å². The Labute approximate surface area is 114 Å². The lowest BCUT2D eigenvalue weighted by Crippen LogP contribution is -2.41. The Morgan fingerprint density at radius 1 is 1.00 bits per heavy atom. The van der Waals surface area contributed by atoms with Crippen LogP contribution in [-0.2, 0) is 21.1 Å². The maximum atomic E-state index is 12.4. The average molecular weight is 271 g/mol. The number of fused-ring (bicyclic) bond motifs is 1. The molecule has 0 atom stereocenters. The highest BCUT2D eigenvalue weighted by Gasteiger charge is 2.23. The fourth-order valence-electron chi connectivity index (χ4n) is 2.50. The topological polar surface area (TPSA) is 52.8 Å². The fraction of sp³-hybridized carbons (Fsp3) is 0.214. The van der Waals surface area contributed by atoms with Gasteiger partial charge in [0.15, 0.2) is 6.33 Å². The van der Waals surface area contributed by atoms with Crippen LogP contribution in [0.4, 0.5) is 0 Å². The van der Waals surface area contributed by atoms with Crippen LogP contribution in [0.3, 0.4) is 0 Å².